The van der Waals surface area contributed by atoms with Crippen LogP contribution in [0.25, 0.3) is 0 Å². The summed E-state index contributed by atoms with van der Waals surface area (Å²) >= 11 is 0. The second kappa shape index (κ2) is 20.3. The highest BCUT2D eigenvalue weighted by molar-refractivity contribution is 6.13. The average Bonchev–Trinajstić information content (AvgIpc) is 3.35. The van der Waals surface area contributed by atoms with Gasteiger partial charge in [0.05, 0.1) is 19.8 Å². The van der Waals surface area contributed by atoms with Crippen LogP contribution in [-0.4, -0.2) is 103 Å². The van der Waals surface area contributed by atoms with Gasteiger partial charge in [0.25, 0.3) is 11.8 Å². The van der Waals surface area contributed by atoms with Crippen molar-refractivity contribution in [3.63, 3.8) is 0 Å². The number of benzene rings is 1. The summed E-state index contributed by atoms with van der Waals surface area (Å²) in [6.07, 6.45) is 2.73. The lowest BCUT2D eigenvalue weighted by atomic mass is 10.0. The molecule has 1 aromatic carbocycles. The Morgan fingerprint density at radius 1 is 0.938 bits per heavy atom. The number of rotatable bonds is 21. The monoisotopic (exact) mass is 675 g/mol. The van der Waals surface area contributed by atoms with Crippen molar-refractivity contribution in [1.82, 2.24) is 26.2 Å². The number of urea groups is 1. The molecule has 1 aliphatic rings. The number of aliphatic hydroxyl groups is 1. The molecule has 0 bridgehead atoms. The van der Waals surface area contributed by atoms with E-state index < -0.39 is 47.7 Å². The highest BCUT2D eigenvalue weighted by atomic mass is 16.5. The van der Waals surface area contributed by atoms with Crippen LogP contribution in [0.1, 0.15) is 45.6 Å². The van der Waals surface area contributed by atoms with Crippen LogP contribution in [0.15, 0.2) is 30.4 Å². The Kier molecular flexibility index (Phi) is 16.5. The van der Waals surface area contributed by atoms with Crippen molar-refractivity contribution in [1.29, 1.82) is 0 Å². The standard InChI is InChI=1S/C31H45N7O10/c1-19(2)28(35-20(3)40)30(45)37-23(5-4-11-34-31(32)46)29(44)36-22-7-6-21(18-39)24(17-22)48-16-15-47-14-12-33-25(41)10-13-38-26(42)8-9-27(38)43/h6-9,17,19,23,28,39H,4-5,10-16,18H2,1-3H3,(H,33,41)(H,35,40)(H,36,44)(H,37,45)(H3,32,34,46)/t23-,28-/m0/s1. The molecule has 0 aromatic heterocycles. The first-order chi connectivity index (χ1) is 22.8. The lowest BCUT2D eigenvalue weighted by Crippen LogP contribution is -2.54. The third-order valence-electron chi connectivity index (χ3n) is 6.93. The van der Waals surface area contributed by atoms with Gasteiger partial charge < -0.3 is 46.9 Å². The molecule has 0 fully saturated rings. The van der Waals surface area contributed by atoms with E-state index in [1.165, 1.54) is 13.0 Å². The molecule has 8 N–H and O–H groups in total. The van der Waals surface area contributed by atoms with Gasteiger partial charge in [-0.25, -0.2) is 4.79 Å². The summed E-state index contributed by atoms with van der Waals surface area (Å²) in [5.74, 6) is -2.72. The molecule has 0 radical (unpaired) electrons. The first-order valence-corrected chi connectivity index (χ1v) is 15.5. The van der Waals surface area contributed by atoms with Crippen LogP contribution in [0, 0.1) is 5.92 Å². The molecule has 0 saturated heterocycles. The Bertz CT molecular complexity index is 1330. The van der Waals surface area contributed by atoms with E-state index in [0.29, 0.717) is 17.7 Å². The van der Waals surface area contributed by atoms with Gasteiger partial charge >= 0.3 is 6.03 Å². The van der Waals surface area contributed by atoms with Gasteiger partial charge in [0.2, 0.25) is 23.6 Å². The number of amides is 8. The summed E-state index contributed by atoms with van der Waals surface area (Å²) < 4.78 is 11.2. The molecular weight excluding hydrogens is 630 g/mol. The smallest absolute Gasteiger partial charge is 0.312 e. The first-order valence-electron chi connectivity index (χ1n) is 15.5. The Morgan fingerprint density at radius 2 is 1.65 bits per heavy atom. The number of anilines is 1. The van der Waals surface area contributed by atoms with E-state index in [4.69, 9.17) is 15.2 Å². The largest absolute Gasteiger partial charge is 0.491 e. The van der Waals surface area contributed by atoms with Gasteiger partial charge in [-0.1, -0.05) is 19.9 Å². The SMILES string of the molecule is CC(=O)N[C@H](C(=O)N[C@@H](CCCNC(N)=O)C(=O)Nc1ccc(CO)c(OCCOCCNC(=O)CCN2C(=O)C=CC2=O)c1)C(C)C. The van der Waals surface area contributed by atoms with Gasteiger partial charge in [-0.05, 0) is 24.8 Å². The number of nitrogens with one attached hydrogen (secondary N) is 5. The molecule has 1 aromatic rings. The maximum Gasteiger partial charge on any atom is 0.312 e. The summed E-state index contributed by atoms with van der Waals surface area (Å²) in [7, 11) is 0. The zero-order valence-corrected chi connectivity index (χ0v) is 27.3. The maximum atomic E-state index is 13.3. The number of ether oxygens (including phenoxy) is 2. The van der Waals surface area contributed by atoms with Gasteiger partial charge in [-0.2, -0.15) is 0 Å². The molecular formula is C31H45N7O10. The van der Waals surface area contributed by atoms with Crippen LogP contribution in [-0.2, 0) is 40.1 Å². The summed E-state index contributed by atoms with van der Waals surface area (Å²) in [5, 5.41) is 22.8. The molecule has 8 amide bonds. The number of primary amides is 1. The molecule has 0 spiro atoms. The molecule has 1 aliphatic heterocycles. The molecule has 48 heavy (non-hydrogen) atoms. The van der Waals surface area contributed by atoms with Crippen LogP contribution in [0.4, 0.5) is 10.5 Å². The average molecular weight is 676 g/mol. The molecule has 2 rings (SSSR count). The number of aliphatic hydroxyl groups excluding tert-OH is 1. The quantitative estimate of drug-likeness (QED) is 0.0621. The lowest BCUT2D eigenvalue weighted by molar-refractivity contribution is -0.137. The molecule has 17 heteroatoms. The number of imide groups is 1. The van der Waals surface area contributed by atoms with E-state index in [1.54, 1.807) is 26.0 Å². The van der Waals surface area contributed by atoms with Crippen molar-refractivity contribution in [2.75, 3.05) is 44.8 Å². The third-order valence-corrected chi connectivity index (χ3v) is 6.93. The van der Waals surface area contributed by atoms with Crippen LogP contribution in [0.2, 0.25) is 0 Å². The summed E-state index contributed by atoms with van der Waals surface area (Å²) in [4.78, 5) is 85.0. The van der Waals surface area contributed by atoms with Crippen molar-refractivity contribution >= 4 is 47.2 Å². The number of carbonyl (C=O) groups is 7. The number of nitrogens with zero attached hydrogens (tertiary/aromatic N) is 1. The van der Waals surface area contributed by atoms with E-state index in [2.05, 4.69) is 26.6 Å². The summed E-state index contributed by atoms with van der Waals surface area (Å²) in [5.41, 5.74) is 5.88. The molecule has 2 atom stereocenters. The van der Waals surface area contributed by atoms with Gasteiger partial charge in [0, 0.05) is 62.4 Å². The van der Waals surface area contributed by atoms with Crippen LogP contribution >= 0.6 is 0 Å². The van der Waals surface area contributed by atoms with E-state index in [9.17, 15) is 38.7 Å². The minimum absolute atomic E-state index is 0.0150. The van der Waals surface area contributed by atoms with Crippen molar-refractivity contribution in [3.8, 4) is 5.75 Å². The highest BCUT2D eigenvalue weighted by Gasteiger charge is 2.28. The van der Waals surface area contributed by atoms with E-state index in [1.807, 2.05) is 0 Å². The van der Waals surface area contributed by atoms with Crippen LogP contribution in [0.5, 0.6) is 5.75 Å². The number of carbonyl (C=O) groups excluding carboxylic acids is 7. The van der Waals surface area contributed by atoms with Crippen molar-refractivity contribution < 1.29 is 48.1 Å². The zero-order valence-electron chi connectivity index (χ0n) is 27.3. The topological polar surface area (TPSA) is 248 Å². The Balaban J connectivity index is 1.89. The second-order valence-electron chi connectivity index (χ2n) is 11.1. The maximum absolute atomic E-state index is 13.3. The Hall–Kier alpha value is -5.03. The van der Waals surface area contributed by atoms with Crippen LogP contribution < -0.4 is 37.1 Å². The fourth-order valence-electron chi connectivity index (χ4n) is 4.46. The van der Waals surface area contributed by atoms with E-state index in [-0.39, 0.29) is 76.5 Å². The fourth-order valence-corrected chi connectivity index (χ4v) is 4.46. The molecule has 0 aliphatic carbocycles. The normalized spacial score (nSPS) is 13.6. The van der Waals surface area contributed by atoms with Crippen molar-refractivity contribution in [2.45, 2.75) is 58.7 Å². The predicted octanol–water partition coefficient (Wildman–Crippen LogP) is -0.962. The number of nitrogens with two attached hydrogens (primary N) is 1. The van der Waals surface area contributed by atoms with Crippen molar-refractivity contribution in [3.05, 3.63) is 35.9 Å². The number of hydrogen-bond donors (Lipinski definition) is 7. The second-order valence-corrected chi connectivity index (χ2v) is 11.1. The van der Waals surface area contributed by atoms with Gasteiger partial charge in [0.1, 0.15) is 24.4 Å². The van der Waals surface area contributed by atoms with Gasteiger partial charge in [-0.3, -0.25) is 33.7 Å². The summed E-state index contributed by atoms with van der Waals surface area (Å²) in [6.45, 7) is 5.20. The lowest BCUT2D eigenvalue weighted by Gasteiger charge is -2.25. The first kappa shape index (κ1) is 39.1. The molecule has 264 valence electrons. The molecule has 0 unspecified atom stereocenters. The molecule has 1 heterocycles. The van der Waals surface area contributed by atoms with E-state index >= 15 is 0 Å². The highest BCUT2D eigenvalue weighted by Crippen LogP contribution is 2.24. The fraction of sp³-hybridized carbons (Fsp3) is 0.516. The summed E-state index contributed by atoms with van der Waals surface area (Å²) in [6, 6.07) is 2.01. The molecule has 0 saturated carbocycles. The molecule has 17 nitrogen and oxygen atoms in total. The minimum atomic E-state index is -1.03. The van der Waals surface area contributed by atoms with Crippen molar-refractivity contribution in [2.24, 2.45) is 11.7 Å². The minimum Gasteiger partial charge on any atom is -0.491 e. The predicted molar refractivity (Wildman–Crippen MR) is 172 cm³/mol. The number of hydrogen-bond acceptors (Lipinski definition) is 10. The Morgan fingerprint density at radius 3 is 2.27 bits per heavy atom. The van der Waals surface area contributed by atoms with E-state index in [0.717, 1.165) is 17.1 Å². The Labute approximate surface area is 278 Å². The van der Waals surface area contributed by atoms with Crippen LogP contribution in [0.3, 0.4) is 0 Å². The zero-order chi connectivity index (χ0) is 35.6. The third kappa shape index (κ3) is 13.8. The van der Waals surface area contributed by atoms with Gasteiger partial charge in [0.15, 0.2) is 0 Å². The van der Waals surface area contributed by atoms with Gasteiger partial charge in [-0.15, -0.1) is 0 Å².